The molecule has 0 aromatic rings. The summed E-state index contributed by atoms with van der Waals surface area (Å²) >= 11 is 0. The lowest BCUT2D eigenvalue weighted by Crippen LogP contribution is -2.67. The number of Topliss-reactive ketones (excluding diaryl/α,β-unsaturated/α-hetero) is 1. The number of nitrogens with zero attached hydrogens (tertiary/aromatic N) is 1. The first-order chi connectivity index (χ1) is 15.9. The highest BCUT2D eigenvalue weighted by Gasteiger charge is 2.71. The van der Waals surface area contributed by atoms with E-state index in [0.717, 1.165) is 18.8 Å². The van der Waals surface area contributed by atoms with Gasteiger partial charge in [-0.15, -0.1) is 0 Å². The summed E-state index contributed by atoms with van der Waals surface area (Å²) in [7, 11) is 1.97. The Labute approximate surface area is 208 Å². The molecule has 5 aliphatic rings. The molecule has 3 unspecified atom stereocenters. The van der Waals surface area contributed by atoms with Crippen molar-refractivity contribution in [1.82, 2.24) is 0 Å². The highest BCUT2D eigenvalue weighted by Crippen LogP contribution is 2.77. The fourth-order valence-corrected chi connectivity index (χ4v) is 11.5. The van der Waals surface area contributed by atoms with Gasteiger partial charge in [-0.05, 0) is 111 Å². The Kier molecular flexibility index (Phi) is 5.65. The standard InChI is InChI=1S/C31H49NO2/c1-20(2)21-10-15-31(18-32-7)17-16-29(5)22(26(21)31)8-9-24-27(3)13-12-25(34)28(4,19-33)23(27)11-14-30(24,29)6/h18,21-24,26,33H,1,8-17,19H2,2-7H3/b32-18+/t21-,22?,23+,24?,26?,27-,28-,29+,30+,31+/m0/s1. The number of rotatable bonds is 3. The van der Waals surface area contributed by atoms with E-state index in [-0.39, 0.29) is 22.9 Å². The van der Waals surface area contributed by atoms with Crippen molar-refractivity contribution < 1.29 is 9.90 Å². The smallest absolute Gasteiger partial charge is 0.141 e. The second-order valence-corrected chi connectivity index (χ2v) is 14.3. The van der Waals surface area contributed by atoms with Crippen LogP contribution in [0.4, 0.5) is 0 Å². The first-order valence-electron chi connectivity index (χ1n) is 14.2. The van der Waals surface area contributed by atoms with Crippen molar-refractivity contribution in [2.45, 2.75) is 98.8 Å². The summed E-state index contributed by atoms with van der Waals surface area (Å²) in [5.74, 6) is 3.27. The Bertz CT molecular complexity index is 909. The molecular weight excluding hydrogens is 418 g/mol. The van der Waals surface area contributed by atoms with Gasteiger partial charge in [-0.3, -0.25) is 4.79 Å². The molecule has 0 aromatic carbocycles. The van der Waals surface area contributed by atoms with Crippen LogP contribution < -0.4 is 0 Å². The number of fused-ring (bicyclic) bond motifs is 7. The molecule has 34 heavy (non-hydrogen) atoms. The average molecular weight is 468 g/mol. The quantitative estimate of drug-likeness (QED) is 0.363. The van der Waals surface area contributed by atoms with Gasteiger partial charge < -0.3 is 10.1 Å². The third kappa shape index (κ3) is 2.86. The van der Waals surface area contributed by atoms with E-state index >= 15 is 0 Å². The van der Waals surface area contributed by atoms with Gasteiger partial charge in [0.2, 0.25) is 0 Å². The van der Waals surface area contributed by atoms with Crippen molar-refractivity contribution in [3.8, 4) is 0 Å². The molecule has 0 saturated heterocycles. The SMILES string of the molecule is C=C(C)[C@@H]1CC[C@]2(/C=N/C)CC[C@]3(C)C(CCC4[C@@]5(C)CCC(=O)[C@@](C)(CO)[C@@H]5CC[C@]43C)C12. The molecule has 10 atom stereocenters. The zero-order valence-corrected chi connectivity index (χ0v) is 22.8. The maximum Gasteiger partial charge on any atom is 0.141 e. The highest BCUT2D eigenvalue weighted by molar-refractivity contribution is 5.86. The van der Waals surface area contributed by atoms with Crippen molar-refractivity contribution in [2.24, 2.45) is 61.7 Å². The van der Waals surface area contributed by atoms with E-state index in [1.807, 2.05) is 7.05 Å². The lowest BCUT2D eigenvalue weighted by molar-refractivity contribution is -0.232. The monoisotopic (exact) mass is 467 g/mol. The van der Waals surface area contributed by atoms with Crippen molar-refractivity contribution in [1.29, 1.82) is 0 Å². The Morgan fingerprint density at radius 1 is 1.00 bits per heavy atom. The van der Waals surface area contributed by atoms with Gasteiger partial charge in [-0.25, -0.2) is 0 Å². The van der Waals surface area contributed by atoms with Gasteiger partial charge in [0.25, 0.3) is 0 Å². The van der Waals surface area contributed by atoms with Crippen LogP contribution in [0, 0.1) is 56.7 Å². The fraction of sp³-hybridized carbons (Fsp3) is 0.871. The normalized spacial score (nSPS) is 54.8. The van der Waals surface area contributed by atoms with Crippen LogP contribution in [-0.2, 0) is 4.79 Å². The highest BCUT2D eigenvalue weighted by atomic mass is 16.3. The van der Waals surface area contributed by atoms with Gasteiger partial charge in [0.05, 0.1) is 12.0 Å². The molecule has 0 radical (unpaired) electrons. The van der Waals surface area contributed by atoms with E-state index in [1.165, 1.54) is 50.5 Å². The summed E-state index contributed by atoms with van der Waals surface area (Å²) in [6.07, 6.45) is 14.0. The summed E-state index contributed by atoms with van der Waals surface area (Å²) in [5.41, 5.74) is 1.84. The topological polar surface area (TPSA) is 49.7 Å². The zero-order chi connectivity index (χ0) is 24.7. The van der Waals surface area contributed by atoms with E-state index in [1.54, 1.807) is 0 Å². The number of carbonyl (C=O) groups is 1. The molecule has 0 bridgehead atoms. The summed E-state index contributed by atoms with van der Waals surface area (Å²) in [6.45, 7) is 16.6. The molecule has 0 spiro atoms. The number of hydrogen-bond acceptors (Lipinski definition) is 3. The molecule has 5 rings (SSSR count). The van der Waals surface area contributed by atoms with Crippen LogP contribution in [0.15, 0.2) is 17.1 Å². The molecule has 0 aliphatic heterocycles. The van der Waals surface area contributed by atoms with E-state index in [4.69, 9.17) is 0 Å². The zero-order valence-electron chi connectivity index (χ0n) is 22.8. The summed E-state index contributed by atoms with van der Waals surface area (Å²) in [5, 5.41) is 10.4. The lowest BCUT2D eigenvalue weighted by Gasteiger charge is -2.72. The Balaban J connectivity index is 1.56. The third-order valence-electron chi connectivity index (χ3n) is 13.4. The van der Waals surface area contributed by atoms with Gasteiger partial charge in [0, 0.05) is 25.1 Å². The predicted octanol–water partition coefficient (Wildman–Crippen LogP) is 6.89. The number of aliphatic hydroxyl groups excluding tert-OH is 1. The second-order valence-electron chi connectivity index (χ2n) is 14.3. The van der Waals surface area contributed by atoms with Gasteiger partial charge >= 0.3 is 0 Å². The van der Waals surface area contributed by atoms with Gasteiger partial charge in [0.15, 0.2) is 0 Å². The van der Waals surface area contributed by atoms with Gasteiger partial charge in [-0.2, -0.15) is 0 Å². The molecule has 190 valence electrons. The molecule has 3 heteroatoms. The number of aliphatic imine (C=N–C) groups is 1. The Morgan fingerprint density at radius 3 is 2.38 bits per heavy atom. The summed E-state index contributed by atoms with van der Waals surface area (Å²) < 4.78 is 0. The van der Waals surface area contributed by atoms with Crippen molar-refractivity contribution in [2.75, 3.05) is 13.7 Å². The molecule has 5 aliphatic carbocycles. The molecule has 1 N–H and O–H groups in total. The summed E-state index contributed by atoms with van der Waals surface area (Å²) in [6, 6.07) is 0. The predicted molar refractivity (Wildman–Crippen MR) is 140 cm³/mol. The number of allylic oxidation sites excluding steroid dienone is 1. The first-order valence-corrected chi connectivity index (χ1v) is 14.2. The molecule has 0 heterocycles. The average Bonchev–Trinajstić information content (AvgIpc) is 3.17. The van der Waals surface area contributed by atoms with Crippen LogP contribution in [0.1, 0.15) is 98.8 Å². The molecule has 3 nitrogen and oxygen atoms in total. The van der Waals surface area contributed by atoms with Gasteiger partial charge in [-0.1, -0.05) is 39.8 Å². The number of ketones is 1. The summed E-state index contributed by atoms with van der Waals surface area (Å²) in [4.78, 5) is 17.6. The number of aliphatic hydroxyl groups is 1. The number of carbonyl (C=O) groups excluding carboxylic acids is 1. The van der Waals surface area contributed by atoms with Crippen LogP contribution in [0.5, 0.6) is 0 Å². The van der Waals surface area contributed by atoms with Crippen molar-refractivity contribution in [3.63, 3.8) is 0 Å². The van der Waals surface area contributed by atoms with Crippen molar-refractivity contribution >= 4 is 12.0 Å². The molecule has 5 saturated carbocycles. The van der Waals surface area contributed by atoms with E-state index in [0.29, 0.717) is 41.3 Å². The van der Waals surface area contributed by atoms with Crippen LogP contribution in [-0.4, -0.2) is 30.8 Å². The van der Waals surface area contributed by atoms with E-state index in [9.17, 15) is 9.90 Å². The van der Waals surface area contributed by atoms with Gasteiger partial charge in [0.1, 0.15) is 5.78 Å². The second kappa shape index (κ2) is 7.77. The van der Waals surface area contributed by atoms with E-state index in [2.05, 4.69) is 52.4 Å². The van der Waals surface area contributed by atoms with Crippen LogP contribution in [0.2, 0.25) is 0 Å². The number of hydrogen-bond donors (Lipinski definition) is 1. The van der Waals surface area contributed by atoms with Crippen LogP contribution in [0.25, 0.3) is 0 Å². The van der Waals surface area contributed by atoms with Crippen molar-refractivity contribution in [3.05, 3.63) is 12.2 Å². The Hall–Kier alpha value is -0.960. The lowest BCUT2D eigenvalue weighted by atomic mass is 9.32. The molecule has 0 amide bonds. The fourth-order valence-electron chi connectivity index (χ4n) is 11.5. The largest absolute Gasteiger partial charge is 0.395 e. The Morgan fingerprint density at radius 2 is 1.74 bits per heavy atom. The minimum absolute atomic E-state index is 0.0106. The molecular formula is C31H49NO2. The van der Waals surface area contributed by atoms with Crippen LogP contribution in [0.3, 0.4) is 0 Å². The first kappa shape index (κ1) is 24.7. The third-order valence-corrected chi connectivity index (χ3v) is 13.4. The van der Waals surface area contributed by atoms with Crippen LogP contribution >= 0.6 is 0 Å². The van der Waals surface area contributed by atoms with E-state index < -0.39 is 5.41 Å². The molecule has 5 fully saturated rings. The minimum Gasteiger partial charge on any atom is -0.395 e. The minimum atomic E-state index is -0.554. The molecule has 0 aromatic heterocycles. The maximum absolute atomic E-state index is 13.0. The maximum atomic E-state index is 13.0.